The number of carbonyl (C=O) groups is 1. The van der Waals surface area contributed by atoms with Crippen molar-refractivity contribution in [3.63, 3.8) is 0 Å². The molecule has 3 heterocycles. The van der Waals surface area contributed by atoms with E-state index >= 15 is 0 Å². The van der Waals surface area contributed by atoms with Gasteiger partial charge in [-0.05, 0) is 31.5 Å². The molecule has 1 amide bonds. The lowest BCUT2D eigenvalue weighted by Crippen LogP contribution is -2.56. The Morgan fingerprint density at radius 3 is 2.83 bits per heavy atom. The first-order chi connectivity index (χ1) is 11.3. The molecule has 0 aliphatic carbocycles. The van der Waals surface area contributed by atoms with E-state index in [4.69, 9.17) is 0 Å². The molecule has 23 heavy (non-hydrogen) atoms. The molecule has 0 spiro atoms. The third kappa shape index (κ3) is 2.86. The second kappa shape index (κ2) is 6.12. The maximum absolute atomic E-state index is 12.7. The summed E-state index contributed by atoms with van der Waals surface area (Å²) in [5.74, 6) is -0.00240. The fourth-order valence-corrected chi connectivity index (χ4v) is 3.55. The molecule has 0 saturated carbocycles. The van der Waals surface area contributed by atoms with Crippen molar-refractivity contribution < 1.29 is 4.79 Å². The molecule has 6 heteroatoms. The van der Waals surface area contributed by atoms with Gasteiger partial charge in [-0.2, -0.15) is 9.90 Å². The molecule has 120 valence electrons. The van der Waals surface area contributed by atoms with Gasteiger partial charge in [-0.3, -0.25) is 9.69 Å². The van der Waals surface area contributed by atoms with Crippen LogP contribution in [0.15, 0.2) is 36.5 Å². The van der Waals surface area contributed by atoms with Crippen molar-refractivity contribution in [2.75, 3.05) is 26.2 Å². The van der Waals surface area contributed by atoms with Gasteiger partial charge in [-0.25, -0.2) is 0 Å². The van der Waals surface area contributed by atoms with Crippen molar-refractivity contribution in [1.82, 2.24) is 24.8 Å². The number of piperazine rings is 1. The zero-order chi connectivity index (χ0) is 15.6. The molecule has 0 bridgehead atoms. The first kappa shape index (κ1) is 14.4. The van der Waals surface area contributed by atoms with Crippen LogP contribution in [-0.2, 0) is 0 Å². The van der Waals surface area contributed by atoms with Gasteiger partial charge in [0.05, 0.1) is 11.9 Å². The van der Waals surface area contributed by atoms with Crippen molar-refractivity contribution in [3.05, 3.63) is 42.2 Å². The lowest BCUT2D eigenvalue weighted by molar-refractivity contribution is 0.0368. The Kier molecular flexibility index (Phi) is 3.83. The third-order valence-electron chi connectivity index (χ3n) is 4.82. The number of aromatic nitrogens is 3. The summed E-state index contributed by atoms with van der Waals surface area (Å²) in [5, 5.41) is 8.59. The van der Waals surface area contributed by atoms with Gasteiger partial charge in [-0.1, -0.05) is 24.6 Å². The van der Waals surface area contributed by atoms with Gasteiger partial charge in [0.15, 0.2) is 5.69 Å². The molecule has 2 aliphatic heterocycles. The van der Waals surface area contributed by atoms with Gasteiger partial charge in [0.25, 0.3) is 5.91 Å². The van der Waals surface area contributed by atoms with Crippen LogP contribution >= 0.6 is 0 Å². The van der Waals surface area contributed by atoms with Crippen LogP contribution in [0.25, 0.3) is 5.69 Å². The van der Waals surface area contributed by atoms with E-state index in [1.807, 2.05) is 35.2 Å². The summed E-state index contributed by atoms with van der Waals surface area (Å²) >= 11 is 0. The average Bonchev–Trinajstić information content (AvgIpc) is 3.11. The SMILES string of the molecule is O=C(c1cnn(-c2ccccc2)n1)N1CCN2CCCC[C@@H]2C1. The summed E-state index contributed by atoms with van der Waals surface area (Å²) in [6, 6.07) is 10.2. The van der Waals surface area contributed by atoms with Crippen LogP contribution in [0.4, 0.5) is 0 Å². The summed E-state index contributed by atoms with van der Waals surface area (Å²) in [4.78, 5) is 18.7. The van der Waals surface area contributed by atoms with Gasteiger partial charge in [0, 0.05) is 25.7 Å². The summed E-state index contributed by atoms with van der Waals surface area (Å²) in [6.45, 7) is 3.75. The zero-order valence-corrected chi connectivity index (χ0v) is 13.1. The predicted octanol–water partition coefficient (Wildman–Crippen LogP) is 1.58. The molecule has 2 fully saturated rings. The molecule has 2 aliphatic rings. The zero-order valence-electron chi connectivity index (χ0n) is 13.1. The second-order valence-electron chi connectivity index (χ2n) is 6.29. The molecule has 4 rings (SSSR count). The number of para-hydroxylation sites is 1. The minimum absolute atomic E-state index is 0.00240. The minimum atomic E-state index is -0.00240. The lowest BCUT2D eigenvalue weighted by atomic mass is 9.99. The van der Waals surface area contributed by atoms with Crippen molar-refractivity contribution in [1.29, 1.82) is 0 Å². The first-order valence-corrected chi connectivity index (χ1v) is 8.32. The van der Waals surface area contributed by atoms with Crippen LogP contribution in [-0.4, -0.2) is 62.9 Å². The number of amides is 1. The van der Waals surface area contributed by atoms with E-state index in [0.29, 0.717) is 11.7 Å². The highest BCUT2D eigenvalue weighted by Gasteiger charge is 2.32. The maximum atomic E-state index is 12.7. The molecule has 1 aromatic carbocycles. The summed E-state index contributed by atoms with van der Waals surface area (Å²) in [7, 11) is 0. The number of rotatable bonds is 2. The fraction of sp³-hybridized carbons (Fsp3) is 0.471. The topological polar surface area (TPSA) is 54.3 Å². The Labute approximate surface area is 135 Å². The molecule has 6 nitrogen and oxygen atoms in total. The number of hydrogen-bond acceptors (Lipinski definition) is 4. The van der Waals surface area contributed by atoms with Crippen LogP contribution in [0.5, 0.6) is 0 Å². The largest absolute Gasteiger partial charge is 0.334 e. The molecule has 1 atom stereocenters. The van der Waals surface area contributed by atoms with Crippen LogP contribution in [0.1, 0.15) is 29.8 Å². The Morgan fingerprint density at radius 2 is 1.96 bits per heavy atom. The quantitative estimate of drug-likeness (QED) is 0.845. The standard InChI is InChI=1S/C17H21N5O/c23-17(21-11-10-20-9-5-4-8-15(20)13-21)16-12-18-22(19-16)14-6-2-1-3-7-14/h1-3,6-7,12,15H,4-5,8-11,13H2/t15-/m1/s1. The van der Waals surface area contributed by atoms with Gasteiger partial charge >= 0.3 is 0 Å². The molecular weight excluding hydrogens is 290 g/mol. The molecular formula is C17H21N5O. The van der Waals surface area contributed by atoms with E-state index in [-0.39, 0.29) is 5.91 Å². The fourth-order valence-electron chi connectivity index (χ4n) is 3.55. The van der Waals surface area contributed by atoms with Crippen molar-refractivity contribution >= 4 is 5.91 Å². The monoisotopic (exact) mass is 311 g/mol. The van der Waals surface area contributed by atoms with Gasteiger partial charge in [-0.15, -0.1) is 5.10 Å². The number of benzene rings is 1. The van der Waals surface area contributed by atoms with Crippen molar-refractivity contribution in [2.24, 2.45) is 0 Å². The van der Waals surface area contributed by atoms with Gasteiger partial charge < -0.3 is 4.90 Å². The third-order valence-corrected chi connectivity index (χ3v) is 4.82. The normalized spacial score (nSPS) is 21.9. The number of piperidine rings is 1. The number of fused-ring (bicyclic) bond motifs is 1. The summed E-state index contributed by atoms with van der Waals surface area (Å²) in [6.07, 6.45) is 5.33. The molecule has 0 unspecified atom stereocenters. The van der Waals surface area contributed by atoms with Crippen LogP contribution in [0.3, 0.4) is 0 Å². The highest BCUT2D eigenvalue weighted by atomic mass is 16.2. The average molecular weight is 311 g/mol. The Morgan fingerprint density at radius 1 is 1.09 bits per heavy atom. The number of carbonyl (C=O) groups excluding carboxylic acids is 1. The minimum Gasteiger partial charge on any atom is -0.334 e. The maximum Gasteiger partial charge on any atom is 0.276 e. The lowest BCUT2D eigenvalue weighted by Gasteiger charge is -2.43. The van der Waals surface area contributed by atoms with Crippen LogP contribution in [0, 0.1) is 0 Å². The van der Waals surface area contributed by atoms with Crippen molar-refractivity contribution in [2.45, 2.75) is 25.3 Å². The van der Waals surface area contributed by atoms with Crippen LogP contribution < -0.4 is 0 Å². The van der Waals surface area contributed by atoms with E-state index in [9.17, 15) is 4.79 Å². The highest BCUT2D eigenvalue weighted by molar-refractivity contribution is 5.92. The second-order valence-corrected chi connectivity index (χ2v) is 6.29. The first-order valence-electron chi connectivity index (χ1n) is 8.32. The number of hydrogen-bond donors (Lipinski definition) is 0. The number of nitrogens with zero attached hydrogens (tertiary/aromatic N) is 5. The molecule has 2 aromatic rings. The summed E-state index contributed by atoms with van der Waals surface area (Å²) < 4.78 is 0. The smallest absolute Gasteiger partial charge is 0.276 e. The predicted molar refractivity (Wildman–Crippen MR) is 86.5 cm³/mol. The Hall–Kier alpha value is -2.21. The highest BCUT2D eigenvalue weighted by Crippen LogP contribution is 2.21. The molecule has 1 aromatic heterocycles. The van der Waals surface area contributed by atoms with E-state index < -0.39 is 0 Å². The van der Waals surface area contributed by atoms with Crippen LogP contribution in [0.2, 0.25) is 0 Å². The van der Waals surface area contributed by atoms with E-state index in [1.54, 1.807) is 6.20 Å². The Balaban J connectivity index is 1.48. The van der Waals surface area contributed by atoms with E-state index in [0.717, 1.165) is 25.3 Å². The molecule has 0 radical (unpaired) electrons. The molecule has 0 N–H and O–H groups in total. The van der Waals surface area contributed by atoms with E-state index in [1.165, 1.54) is 30.6 Å². The molecule has 2 saturated heterocycles. The van der Waals surface area contributed by atoms with Gasteiger partial charge in [0.1, 0.15) is 0 Å². The van der Waals surface area contributed by atoms with Crippen molar-refractivity contribution in [3.8, 4) is 5.69 Å². The Bertz CT molecular complexity index is 683. The summed E-state index contributed by atoms with van der Waals surface area (Å²) in [5.41, 5.74) is 1.29. The van der Waals surface area contributed by atoms with E-state index in [2.05, 4.69) is 15.1 Å². The van der Waals surface area contributed by atoms with Gasteiger partial charge in [0.2, 0.25) is 0 Å².